The molecule has 0 aliphatic carbocycles. The predicted octanol–water partition coefficient (Wildman–Crippen LogP) is 2.22. The lowest BCUT2D eigenvalue weighted by Crippen LogP contribution is -2.41. The lowest BCUT2D eigenvalue weighted by Gasteiger charge is -2.13. The van der Waals surface area contributed by atoms with E-state index in [0.717, 1.165) is 5.56 Å². The van der Waals surface area contributed by atoms with Crippen molar-refractivity contribution in [2.24, 2.45) is 0 Å². The van der Waals surface area contributed by atoms with Crippen molar-refractivity contribution in [3.63, 3.8) is 0 Å². The third kappa shape index (κ3) is 5.32. The average Bonchev–Trinajstić information content (AvgIpc) is 2.53. The van der Waals surface area contributed by atoms with E-state index in [0.29, 0.717) is 5.56 Å². The molecular weight excluding hydrogens is 294 g/mol. The van der Waals surface area contributed by atoms with Gasteiger partial charge >= 0.3 is 5.97 Å². The molecule has 0 unspecified atom stereocenters. The van der Waals surface area contributed by atoms with Crippen LogP contribution in [-0.2, 0) is 16.0 Å². The molecule has 2 aromatic rings. The van der Waals surface area contributed by atoms with Crippen molar-refractivity contribution in [1.29, 1.82) is 0 Å². The lowest BCUT2D eigenvalue weighted by atomic mass is 10.1. The van der Waals surface area contributed by atoms with Gasteiger partial charge in [-0.25, -0.2) is 4.79 Å². The molecule has 5 heteroatoms. The highest BCUT2D eigenvalue weighted by atomic mass is 16.4. The maximum absolute atomic E-state index is 11.9. The van der Waals surface area contributed by atoms with Gasteiger partial charge in [-0.05, 0) is 29.3 Å². The van der Waals surface area contributed by atoms with Crippen LogP contribution in [0.4, 0.5) is 0 Å². The molecule has 0 radical (unpaired) electrons. The molecule has 1 amide bonds. The molecule has 0 bridgehead atoms. The minimum absolute atomic E-state index is 0.0973. The van der Waals surface area contributed by atoms with Gasteiger partial charge < -0.3 is 15.5 Å². The number of aromatic hydroxyl groups is 1. The quantitative estimate of drug-likeness (QED) is 0.714. The van der Waals surface area contributed by atoms with Gasteiger partial charge in [-0.2, -0.15) is 0 Å². The van der Waals surface area contributed by atoms with E-state index in [1.807, 2.05) is 30.3 Å². The molecule has 118 valence electrons. The van der Waals surface area contributed by atoms with Crippen LogP contribution in [0.5, 0.6) is 5.75 Å². The standard InChI is InChI=1S/C18H17NO4/c20-15-8-4-7-14(11-15)9-10-17(21)19-16(18(22)23)12-13-5-2-1-3-6-13/h1-11,16,20H,12H2,(H,19,21)(H,22,23)/t16-/m0/s1. The first kappa shape index (κ1) is 16.3. The van der Waals surface area contributed by atoms with Gasteiger partial charge in [-0.15, -0.1) is 0 Å². The number of carboxylic acids is 1. The predicted molar refractivity (Wildman–Crippen MR) is 86.9 cm³/mol. The molecule has 23 heavy (non-hydrogen) atoms. The highest BCUT2D eigenvalue weighted by molar-refractivity contribution is 5.94. The first-order valence-corrected chi connectivity index (χ1v) is 7.09. The number of hydrogen-bond acceptors (Lipinski definition) is 3. The van der Waals surface area contributed by atoms with Crippen molar-refractivity contribution >= 4 is 18.0 Å². The summed E-state index contributed by atoms with van der Waals surface area (Å²) in [5, 5.41) is 21.0. The Kier molecular flexibility index (Phi) is 5.52. The number of aliphatic carboxylic acids is 1. The van der Waals surface area contributed by atoms with Crippen LogP contribution in [0.2, 0.25) is 0 Å². The van der Waals surface area contributed by atoms with Crippen LogP contribution < -0.4 is 5.32 Å². The third-order valence-corrected chi connectivity index (χ3v) is 3.19. The Bertz CT molecular complexity index is 710. The molecule has 3 N–H and O–H groups in total. The van der Waals surface area contributed by atoms with Crippen LogP contribution >= 0.6 is 0 Å². The second-order valence-corrected chi connectivity index (χ2v) is 5.02. The SMILES string of the molecule is O=C(C=Cc1cccc(O)c1)N[C@@H](Cc1ccccc1)C(=O)O. The van der Waals surface area contributed by atoms with Crippen LogP contribution in [0.3, 0.4) is 0 Å². The Morgan fingerprint density at radius 2 is 1.83 bits per heavy atom. The minimum Gasteiger partial charge on any atom is -0.508 e. The van der Waals surface area contributed by atoms with Gasteiger partial charge in [-0.1, -0.05) is 42.5 Å². The summed E-state index contributed by atoms with van der Waals surface area (Å²) < 4.78 is 0. The molecule has 0 aliphatic rings. The molecule has 0 spiro atoms. The van der Waals surface area contributed by atoms with E-state index in [1.165, 1.54) is 24.3 Å². The average molecular weight is 311 g/mol. The highest BCUT2D eigenvalue weighted by Gasteiger charge is 2.19. The summed E-state index contributed by atoms with van der Waals surface area (Å²) in [5.41, 5.74) is 1.48. The lowest BCUT2D eigenvalue weighted by molar-refractivity contribution is -0.141. The molecule has 1 atom stereocenters. The van der Waals surface area contributed by atoms with Crippen molar-refractivity contribution in [2.45, 2.75) is 12.5 Å². The van der Waals surface area contributed by atoms with Crippen LogP contribution in [0, 0.1) is 0 Å². The zero-order chi connectivity index (χ0) is 16.7. The minimum atomic E-state index is -1.09. The topological polar surface area (TPSA) is 86.6 Å². The summed E-state index contributed by atoms with van der Waals surface area (Å²) in [4.78, 5) is 23.2. The van der Waals surface area contributed by atoms with Crippen LogP contribution in [0.15, 0.2) is 60.7 Å². The fourth-order valence-electron chi connectivity index (χ4n) is 2.07. The molecule has 2 rings (SSSR count). The van der Waals surface area contributed by atoms with Gasteiger partial charge in [0, 0.05) is 12.5 Å². The van der Waals surface area contributed by atoms with Crippen LogP contribution in [0.1, 0.15) is 11.1 Å². The fourth-order valence-corrected chi connectivity index (χ4v) is 2.07. The van der Waals surface area contributed by atoms with E-state index in [4.69, 9.17) is 0 Å². The summed E-state index contributed by atoms with van der Waals surface area (Å²) in [6, 6.07) is 14.5. The zero-order valence-electron chi connectivity index (χ0n) is 12.3. The van der Waals surface area contributed by atoms with Crippen molar-refractivity contribution in [3.8, 4) is 5.75 Å². The number of phenols is 1. The number of carboxylic acid groups (broad SMARTS) is 1. The second-order valence-electron chi connectivity index (χ2n) is 5.02. The smallest absolute Gasteiger partial charge is 0.326 e. The third-order valence-electron chi connectivity index (χ3n) is 3.19. The summed E-state index contributed by atoms with van der Waals surface area (Å²) in [6.07, 6.45) is 2.97. The number of phenolic OH excluding ortho intramolecular Hbond substituents is 1. The molecule has 0 saturated carbocycles. The Hall–Kier alpha value is -3.08. The first-order chi connectivity index (χ1) is 11.0. The monoisotopic (exact) mass is 311 g/mol. The number of hydrogen-bond donors (Lipinski definition) is 3. The zero-order valence-corrected chi connectivity index (χ0v) is 12.3. The van der Waals surface area contributed by atoms with Crippen molar-refractivity contribution in [3.05, 3.63) is 71.8 Å². The Balaban J connectivity index is 1.99. The number of carbonyl (C=O) groups excluding carboxylic acids is 1. The Labute approximate surface area is 133 Å². The summed E-state index contributed by atoms with van der Waals surface area (Å²) in [6.45, 7) is 0. The normalized spacial score (nSPS) is 12.0. The summed E-state index contributed by atoms with van der Waals surface area (Å²) in [7, 11) is 0. The summed E-state index contributed by atoms with van der Waals surface area (Å²) >= 11 is 0. The first-order valence-electron chi connectivity index (χ1n) is 7.09. The van der Waals surface area contributed by atoms with Gasteiger partial charge in [0.2, 0.25) is 5.91 Å². The van der Waals surface area contributed by atoms with E-state index in [-0.39, 0.29) is 12.2 Å². The number of carbonyl (C=O) groups is 2. The molecule has 0 aliphatic heterocycles. The maximum Gasteiger partial charge on any atom is 0.326 e. The fraction of sp³-hybridized carbons (Fsp3) is 0.111. The van der Waals surface area contributed by atoms with Gasteiger partial charge in [-0.3, -0.25) is 4.79 Å². The molecule has 0 fully saturated rings. The number of benzene rings is 2. The molecule has 2 aromatic carbocycles. The maximum atomic E-state index is 11.9. The molecule has 5 nitrogen and oxygen atoms in total. The second kappa shape index (κ2) is 7.79. The molecular formula is C18H17NO4. The van der Waals surface area contributed by atoms with E-state index < -0.39 is 17.9 Å². The Morgan fingerprint density at radius 1 is 1.09 bits per heavy atom. The van der Waals surface area contributed by atoms with Gasteiger partial charge in [0.15, 0.2) is 0 Å². The highest BCUT2D eigenvalue weighted by Crippen LogP contribution is 2.12. The van der Waals surface area contributed by atoms with E-state index in [9.17, 15) is 19.8 Å². The van der Waals surface area contributed by atoms with E-state index in [1.54, 1.807) is 12.1 Å². The number of rotatable bonds is 6. The number of nitrogens with one attached hydrogen (secondary N) is 1. The van der Waals surface area contributed by atoms with Crippen LogP contribution in [0.25, 0.3) is 6.08 Å². The van der Waals surface area contributed by atoms with Gasteiger partial charge in [0.05, 0.1) is 0 Å². The summed E-state index contributed by atoms with van der Waals surface area (Å²) in [5.74, 6) is -1.50. The van der Waals surface area contributed by atoms with Crippen LogP contribution in [-0.4, -0.2) is 28.1 Å². The Morgan fingerprint density at radius 3 is 2.48 bits per heavy atom. The van der Waals surface area contributed by atoms with Gasteiger partial charge in [0.25, 0.3) is 0 Å². The molecule has 0 aromatic heterocycles. The van der Waals surface area contributed by atoms with Crippen molar-refractivity contribution < 1.29 is 19.8 Å². The largest absolute Gasteiger partial charge is 0.508 e. The van der Waals surface area contributed by atoms with E-state index in [2.05, 4.69) is 5.32 Å². The van der Waals surface area contributed by atoms with Crippen molar-refractivity contribution in [2.75, 3.05) is 0 Å². The molecule has 0 saturated heterocycles. The number of amides is 1. The van der Waals surface area contributed by atoms with Crippen molar-refractivity contribution in [1.82, 2.24) is 5.32 Å². The van der Waals surface area contributed by atoms with E-state index >= 15 is 0 Å². The van der Waals surface area contributed by atoms with Gasteiger partial charge in [0.1, 0.15) is 11.8 Å². The molecule has 0 heterocycles.